The van der Waals surface area contributed by atoms with E-state index >= 15 is 0 Å². The molecular weight excluding hydrogens is 479 g/mol. The molecule has 2 aliphatic rings. The third kappa shape index (κ3) is 4.28. The number of halogens is 1. The summed E-state index contributed by atoms with van der Waals surface area (Å²) in [5.74, 6) is 0.351. The molecule has 2 aromatic heterocycles. The molecule has 4 aromatic rings. The van der Waals surface area contributed by atoms with Crippen molar-refractivity contribution in [3.05, 3.63) is 66.9 Å². The zero-order chi connectivity index (χ0) is 24.9. The first-order valence-electron chi connectivity index (χ1n) is 12.5. The van der Waals surface area contributed by atoms with Crippen LogP contribution < -0.4 is 4.90 Å². The Kier molecular flexibility index (Phi) is 5.80. The summed E-state index contributed by atoms with van der Waals surface area (Å²) in [5, 5.41) is 9.77. The lowest BCUT2D eigenvalue weighted by Crippen LogP contribution is -2.54. The van der Waals surface area contributed by atoms with Gasteiger partial charge in [-0.25, -0.2) is 17.5 Å². The van der Waals surface area contributed by atoms with Crippen molar-refractivity contribution in [3.8, 4) is 5.69 Å². The summed E-state index contributed by atoms with van der Waals surface area (Å²) in [6.45, 7) is 4.46. The fraction of sp³-hybridized carbons (Fsp3) is 0.385. The minimum absolute atomic E-state index is 0.131. The van der Waals surface area contributed by atoms with Crippen molar-refractivity contribution in [3.63, 3.8) is 0 Å². The topological polar surface area (TPSA) is 76.3 Å². The maximum Gasteiger partial charge on any atom is 0.246 e. The highest BCUT2D eigenvalue weighted by Crippen LogP contribution is 2.32. The van der Waals surface area contributed by atoms with E-state index in [1.165, 1.54) is 31.2 Å². The van der Waals surface area contributed by atoms with E-state index in [-0.39, 0.29) is 16.8 Å². The van der Waals surface area contributed by atoms with Crippen molar-refractivity contribution < 1.29 is 12.8 Å². The van der Waals surface area contributed by atoms with Crippen LogP contribution in [0.2, 0.25) is 0 Å². The average Bonchev–Trinajstić information content (AvgIpc) is 3.40. The van der Waals surface area contributed by atoms with Gasteiger partial charge in [0, 0.05) is 49.5 Å². The summed E-state index contributed by atoms with van der Waals surface area (Å²) < 4.78 is 45.5. The smallest absolute Gasteiger partial charge is 0.246 e. The Morgan fingerprint density at radius 1 is 1.00 bits per heavy atom. The average molecular weight is 509 g/mol. The van der Waals surface area contributed by atoms with Crippen molar-refractivity contribution >= 4 is 26.6 Å². The number of anilines is 1. The molecule has 0 unspecified atom stereocenters. The van der Waals surface area contributed by atoms with Crippen molar-refractivity contribution in [2.24, 2.45) is 5.92 Å². The van der Waals surface area contributed by atoms with E-state index in [4.69, 9.17) is 0 Å². The first kappa shape index (κ1) is 23.2. The Morgan fingerprint density at radius 3 is 2.53 bits per heavy atom. The Balaban J connectivity index is 1.21. The molecule has 0 bridgehead atoms. The van der Waals surface area contributed by atoms with Crippen LogP contribution >= 0.6 is 0 Å². The fourth-order valence-corrected chi connectivity index (χ4v) is 6.64. The predicted molar refractivity (Wildman–Crippen MR) is 136 cm³/mol. The minimum atomic E-state index is -3.61. The number of rotatable bonds is 7. The Bertz CT molecular complexity index is 1490. The second-order valence-electron chi connectivity index (χ2n) is 9.74. The molecule has 6 rings (SSSR count). The maximum absolute atomic E-state index is 13.5. The van der Waals surface area contributed by atoms with Crippen LogP contribution in [0.1, 0.15) is 26.2 Å². The summed E-state index contributed by atoms with van der Waals surface area (Å²) in [6.07, 6.45) is 8.08. The van der Waals surface area contributed by atoms with Crippen LogP contribution in [0.3, 0.4) is 0 Å². The summed E-state index contributed by atoms with van der Waals surface area (Å²) in [7, 11) is -3.61. The van der Waals surface area contributed by atoms with Gasteiger partial charge in [0.15, 0.2) is 0 Å². The second-order valence-corrected chi connectivity index (χ2v) is 11.6. The molecule has 188 valence electrons. The van der Waals surface area contributed by atoms with Crippen LogP contribution in [0.25, 0.3) is 16.6 Å². The number of sulfonamides is 1. The molecule has 0 amide bonds. The predicted octanol–water partition coefficient (Wildman–Crippen LogP) is 4.06. The molecule has 0 spiro atoms. The lowest BCUT2D eigenvalue weighted by Gasteiger charge is -2.41. The van der Waals surface area contributed by atoms with E-state index in [0.717, 1.165) is 35.2 Å². The highest BCUT2D eigenvalue weighted by Gasteiger charge is 2.36. The van der Waals surface area contributed by atoms with E-state index in [0.29, 0.717) is 25.6 Å². The number of hydrogen-bond donors (Lipinski definition) is 0. The van der Waals surface area contributed by atoms with Crippen LogP contribution in [0.15, 0.2) is 66.0 Å². The minimum Gasteiger partial charge on any atom is -0.369 e. The molecule has 3 heterocycles. The number of piperazine rings is 1. The molecular formula is C26H29FN6O2S. The quantitative estimate of drug-likeness (QED) is 0.376. The van der Waals surface area contributed by atoms with Gasteiger partial charge in [-0.15, -0.1) is 0 Å². The summed E-state index contributed by atoms with van der Waals surface area (Å²) in [4.78, 5) is 2.52. The van der Waals surface area contributed by atoms with E-state index in [1.54, 1.807) is 38.2 Å². The third-order valence-electron chi connectivity index (χ3n) is 7.25. The van der Waals surface area contributed by atoms with Crippen LogP contribution in [-0.4, -0.2) is 58.0 Å². The number of benzene rings is 2. The highest BCUT2D eigenvalue weighted by molar-refractivity contribution is 7.89. The molecule has 2 aromatic carbocycles. The van der Waals surface area contributed by atoms with Gasteiger partial charge < -0.3 is 4.90 Å². The first-order valence-corrected chi connectivity index (χ1v) is 13.9. The Hall–Kier alpha value is -3.24. The molecule has 0 N–H and O–H groups in total. The molecule has 0 radical (unpaired) electrons. The monoisotopic (exact) mass is 508 g/mol. The summed E-state index contributed by atoms with van der Waals surface area (Å²) >= 11 is 0. The number of fused-ring (bicyclic) bond motifs is 1. The van der Waals surface area contributed by atoms with E-state index in [9.17, 15) is 12.8 Å². The van der Waals surface area contributed by atoms with Crippen molar-refractivity contribution in [1.29, 1.82) is 0 Å². The maximum atomic E-state index is 13.5. The number of hydrogen-bond acceptors (Lipinski definition) is 5. The SMILES string of the molecule is CC[C@@H]1CN(c2ccc3c(cnn3-c3ccc(F)cc3)c2)CCN1S(=O)(=O)c1cnn(CC2CC2)c1. The van der Waals surface area contributed by atoms with Crippen molar-refractivity contribution in [1.82, 2.24) is 23.9 Å². The molecule has 1 aliphatic heterocycles. The molecule has 1 atom stereocenters. The Labute approximate surface area is 210 Å². The zero-order valence-electron chi connectivity index (χ0n) is 20.2. The standard InChI is InChI=1S/C26H29FN6O2S/c1-2-22-17-30(11-12-32(22)36(34,35)25-15-28-31(18-25)16-19-3-4-19)24-9-10-26-20(13-24)14-29-33(26)23-7-5-21(27)6-8-23/h5-10,13-15,18-19,22H,2-4,11-12,16-17H2,1H3/t22-/m1/s1. The van der Waals surface area contributed by atoms with Gasteiger partial charge in [-0.05, 0) is 67.6 Å². The van der Waals surface area contributed by atoms with Crippen LogP contribution in [-0.2, 0) is 16.6 Å². The van der Waals surface area contributed by atoms with Crippen molar-refractivity contribution in [2.75, 3.05) is 24.5 Å². The molecule has 1 saturated heterocycles. The Morgan fingerprint density at radius 2 is 1.78 bits per heavy atom. The van der Waals surface area contributed by atoms with Gasteiger partial charge >= 0.3 is 0 Å². The van der Waals surface area contributed by atoms with E-state index < -0.39 is 10.0 Å². The molecule has 1 aliphatic carbocycles. The number of nitrogens with zero attached hydrogens (tertiary/aromatic N) is 6. The lowest BCUT2D eigenvalue weighted by atomic mass is 10.1. The van der Waals surface area contributed by atoms with Crippen LogP contribution in [0, 0.1) is 11.7 Å². The van der Waals surface area contributed by atoms with Gasteiger partial charge in [0.25, 0.3) is 0 Å². The zero-order valence-corrected chi connectivity index (χ0v) is 21.0. The molecule has 10 heteroatoms. The second kappa shape index (κ2) is 9.01. The highest BCUT2D eigenvalue weighted by atomic mass is 32.2. The van der Waals surface area contributed by atoms with Crippen LogP contribution in [0.5, 0.6) is 0 Å². The normalized spacial score (nSPS) is 19.3. The van der Waals surface area contributed by atoms with E-state index in [2.05, 4.69) is 21.2 Å². The van der Waals surface area contributed by atoms with Gasteiger partial charge in [-0.1, -0.05) is 6.92 Å². The third-order valence-corrected chi connectivity index (χ3v) is 9.15. The number of aromatic nitrogens is 4. The summed E-state index contributed by atoms with van der Waals surface area (Å²) in [5.41, 5.74) is 2.76. The van der Waals surface area contributed by atoms with Crippen molar-refractivity contribution in [2.45, 2.75) is 43.7 Å². The molecule has 2 fully saturated rings. The fourth-order valence-electron chi connectivity index (χ4n) is 5.01. The van der Waals surface area contributed by atoms with Gasteiger partial charge in [0.1, 0.15) is 10.7 Å². The lowest BCUT2D eigenvalue weighted by molar-refractivity contribution is 0.283. The van der Waals surface area contributed by atoms with Crippen LogP contribution in [0.4, 0.5) is 10.1 Å². The van der Waals surface area contributed by atoms with Gasteiger partial charge in [-0.2, -0.15) is 14.5 Å². The molecule has 8 nitrogen and oxygen atoms in total. The molecule has 1 saturated carbocycles. The van der Waals surface area contributed by atoms with Gasteiger partial charge in [-0.3, -0.25) is 4.68 Å². The largest absolute Gasteiger partial charge is 0.369 e. The van der Waals surface area contributed by atoms with E-state index in [1.807, 2.05) is 19.1 Å². The van der Waals surface area contributed by atoms with Gasteiger partial charge in [0.05, 0.1) is 23.6 Å². The summed E-state index contributed by atoms with van der Waals surface area (Å²) in [6, 6.07) is 12.3. The van der Waals surface area contributed by atoms with Gasteiger partial charge in [0.2, 0.25) is 10.0 Å². The first-order chi connectivity index (χ1) is 17.4. The molecule has 36 heavy (non-hydrogen) atoms.